The predicted octanol–water partition coefficient (Wildman–Crippen LogP) is 2.62. The smallest absolute Gasteiger partial charge is 0.270 e. The first-order valence-electron chi connectivity index (χ1n) is 9.14. The van der Waals surface area contributed by atoms with Crippen molar-refractivity contribution < 1.29 is 9.18 Å². The van der Waals surface area contributed by atoms with Crippen LogP contribution in [0.1, 0.15) is 38.8 Å². The molecule has 0 bridgehead atoms. The molecule has 2 aromatic heterocycles. The number of amides is 1. The number of hydrogen-bond donors (Lipinski definition) is 2. The first-order valence-corrected chi connectivity index (χ1v) is 9.14. The van der Waals surface area contributed by atoms with Crippen LogP contribution in [0, 0.1) is 26.6 Å². The summed E-state index contributed by atoms with van der Waals surface area (Å²) in [7, 11) is 0. The summed E-state index contributed by atoms with van der Waals surface area (Å²) in [5, 5.41) is 10.8. The van der Waals surface area contributed by atoms with Gasteiger partial charge in [0.2, 0.25) is 0 Å². The highest BCUT2D eigenvalue weighted by Crippen LogP contribution is 2.23. The van der Waals surface area contributed by atoms with Crippen LogP contribution >= 0.6 is 0 Å². The molecule has 144 valence electrons. The van der Waals surface area contributed by atoms with E-state index < -0.39 is 0 Å². The Bertz CT molecular complexity index is 1060. The van der Waals surface area contributed by atoms with Gasteiger partial charge in [-0.25, -0.2) is 19.0 Å². The first-order chi connectivity index (χ1) is 13.4. The number of aromatic nitrogens is 4. The lowest BCUT2D eigenvalue weighted by molar-refractivity contribution is 0.0940. The monoisotopic (exact) mass is 380 g/mol. The zero-order valence-corrected chi connectivity index (χ0v) is 16.0. The zero-order valence-electron chi connectivity index (χ0n) is 16.0. The number of anilines is 1. The number of fused-ring (bicyclic) bond motifs is 1. The summed E-state index contributed by atoms with van der Waals surface area (Å²) in [5.41, 5.74) is 4.97. The molecule has 0 saturated carbocycles. The summed E-state index contributed by atoms with van der Waals surface area (Å²) in [5.74, 6) is 0.797. The highest BCUT2D eigenvalue weighted by atomic mass is 19.1. The van der Waals surface area contributed by atoms with Gasteiger partial charge in [-0.3, -0.25) is 4.79 Å². The van der Waals surface area contributed by atoms with Crippen molar-refractivity contribution in [3.8, 4) is 5.69 Å². The van der Waals surface area contributed by atoms with Crippen molar-refractivity contribution >= 4 is 11.7 Å². The minimum Gasteiger partial charge on any atom is -0.365 e. The van der Waals surface area contributed by atoms with Crippen LogP contribution in [-0.4, -0.2) is 32.2 Å². The maximum atomic E-state index is 13.2. The number of rotatable bonds is 4. The fourth-order valence-corrected chi connectivity index (χ4v) is 3.49. The molecule has 0 unspecified atom stereocenters. The highest BCUT2D eigenvalue weighted by molar-refractivity contribution is 5.95. The van der Waals surface area contributed by atoms with Crippen molar-refractivity contribution in [3.63, 3.8) is 0 Å². The Morgan fingerprint density at radius 2 is 1.93 bits per heavy atom. The average molecular weight is 380 g/mol. The van der Waals surface area contributed by atoms with Gasteiger partial charge in [0.05, 0.1) is 11.4 Å². The fourth-order valence-electron chi connectivity index (χ4n) is 3.49. The number of hydrogen-bond acceptors (Lipinski definition) is 5. The molecular formula is C20H21FN6O. The van der Waals surface area contributed by atoms with Gasteiger partial charge in [-0.1, -0.05) is 0 Å². The van der Waals surface area contributed by atoms with Gasteiger partial charge in [0.15, 0.2) is 0 Å². The summed E-state index contributed by atoms with van der Waals surface area (Å²) in [6.45, 7) is 6.79. The first kappa shape index (κ1) is 18.1. The van der Waals surface area contributed by atoms with Crippen molar-refractivity contribution in [2.75, 3.05) is 11.9 Å². The van der Waals surface area contributed by atoms with E-state index >= 15 is 0 Å². The van der Waals surface area contributed by atoms with Crippen molar-refractivity contribution in [1.82, 2.24) is 25.1 Å². The van der Waals surface area contributed by atoms with Crippen LogP contribution in [0.4, 0.5) is 10.2 Å². The van der Waals surface area contributed by atoms with Gasteiger partial charge in [0, 0.05) is 29.9 Å². The molecule has 0 aliphatic carbocycles. The van der Waals surface area contributed by atoms with Gasteiger partial charge in [0.1, 0.15) is 23.2 Å². The molecule has 1 aromatic carbocycles. The van der Waals surface area contributed by atoms with Crippen LogP contribution < -0.4 is 10.6 Å². The number of carbonyl (C=O) groups is 1. The zero-order chi connectivity index (χ0) is 19.8. The summed E-state index contributed by atoms with van der Waals surface area (Å²) in [4.78, 5) is 20.9. The average Bonchev–Trinajstić information content (AvgIpc) is 2.95. The van der Waals surface area contributed by atoms with Gasteiger partial charge in [-0.2, -0.15) is 5.10 Å². The predicted molar refractivity (Wildman–Crippen MR) is 103 cm³/mol. The lowest BCUT2D eigenvalue weighted by Gasteiger charge is -2.19. The number of halogens is 1. The van der Waals surface area contributed by atoms with Crippen LogP contribution in [0.5, 0.6) is 0 Å². The number of benzene rings is 1. The van der Waals surface area contributed by atoms with E-state index in [0.29, 0.717) is 36.8 Å². The molecule has 1 amide bonds. The van der Waals surface area contributed by atoms with E-state index in [2.05, 4.69) is 25.7 Å². The van der Waals surface area contributed by atoms with Gasteiger partial charge >= 0.3 is 0 Å². The third kappa shape index (κ3) is 3.21. The van der Waals surface area contributed by atoms with Crippen LogP contribution in [0.3, 0.4) is 0 Å². The maximum absolute atomic E-state index is 13.2. The number of nitrogens with zero attached hydrogens (tertiary/aromatic N) is 4. The largest absolute Gasteiger partial charge is 0.365 e. The Labute approximate surface area is 162 Å². The third-order valence-corrected chi connectivity index (χ3v) is 4.94. The van der Waals surface area contributed by atoms with E-state index in [4.69, 9.17) is 0 Å². The van der Waals surface area contributed by atoms with E-state index in [-0.39, 0.29) is 11.7 Å². The highest BCUT2D eigenvalue weighted by Gasteiger charge is 2.23. The second kappa shape index (κ2) is 7.03. The molecule has 1 aliphatic rings. The van der Waals surface area contributed by atoms with E-state index in [9.17, 15) is 9.18 Å². The summed E-state index contributed by atoms with van der Waals surface area (Å²) in [6, 6.07) is 6.25. The Kier molecular flexibility index (Phi) is 4.54. The van der Waals surface area contributed by atoms with Crippen LogP contribution in [0.25, 0.3) is 5.69 Å². The number of carbonyl (C=O) groups excluding carboxylic acids is 1. The Balaban J connectivity index is 1.63. The topological polar surface area (TPSA) is 84.7 Å². The third-order valence-electron chi connectivity index (χ3n) is 4.94. The standard InChI is InChI=1S/C20H21FN6O/c1-11-17(12(2)27(26-11)15-6-4-14(21)5-7-15)10-23-19-16-8-9-22-20(28)18(16)24-13(3)25-19/h4-7H,8-10H2,1-3H3,(H,22,28)(H,23,24,25). The van der Waals surface area contributed by atoms with Crippen molar-refractivity contribution in [1.29, 1.82) is 0 Å². The van der Waals surface area contributed by atoms with Crippen molar-refractivity contribution in [2.24, 2.45) is 0 Å². The molecule has 0 radical (unpaired) electrons. The Hall–Kier alpha value is -3.29. The number of aryl methyl sites for hydroxylation is 2. The molecule has 3 heterocycles. The van der Waals surface area contributed by atoms with Gasteiger partial charge in [-0.15, -0.1) is 0 Å². The molecule has 0 saturated heterocycles. The maximum Gasteiger partial charge on any atom is 0.270 e. The second-order valence-corrected chi connectivity index (χ2v) is 6.84. The molecule has 0 fully saturated rings. The molecule has 4 rings (SSSR count). The molecule has 0 spiro atoms. The van der Waals surface area contributed by atoms with E-state index in [0.717, 1.165) is 28.2 Å². The molecule has 1 aliphatic heterocycles. The molecule has 28 heavy (non-hydrogen) atoms. The van der Waals surface area contributed by atoms with Crippen molar-refractivity contribution in [3.05, 3.63) is 64.1 Å². The molecule has 3 aromatic rings. The minimum absolute atomic E-state index is 0.161. The van der Waals surface area contributed by atoms with Crippen LogP contribution in [0.15, 0.2) is 24.3 Å². The summed E-state index contributed by atoms with van der Waals surface area (Å²) < 4.78 is 15.0. The summed E-state index contributed by atoms with van der Waals surface area (Å²) >= 11 is 0. The van der Waals surface area contributed by atoms with Gasteiger partial charge < -0.3 is 10.6 Å². The quantitative estimate of drug-likeness (QED) is 0.727. The lowest BCUT2D eigenvalue weighted by Crippen LogP contribution is -2.34. The Morgan fingerprint density at radius 3 is 2.68 bits per heavy atom. The molecular weight excluding hydrogens is 359 g/mol. The lowest BCUT2D eigenvalue weighted by atomic mass is 10.1. The molecule has 7 nitrogen and oxygen atoms in total. The SMILES string of the molecule is Cc1nc(NCc2c(C)nn(-c3ccc(F)cc3)c2C)c2c(n1)C(=O)NCC2. The van der Waals surface area contributed by atoms with Crippen LogP contribution in [0.2, 0.25) is 0 Å². The molecule has 0 atom stereocenters. The molecule has 8 heteroatoms. The normalized spacial score (nSPS) is 13.2. The van der Waals surface area contributed by atoms with E-state index in [1.165, 1.54) is 12.1 Å². The summed E-state index contributed by atoms with van der Waals surface area (Å²) in [6.07, 6.45) is 0.691. The van der Waals surface area contributed by atoms with E-state index in [1.54, 1.807) is 23.7 Å². The van der Waals surface area contributed by atoms with E-state index in [1.807, 2.05) is 13.8 Å². The second-order valence-electron chi connectivity index (χ2n) is 6.84. The molecule has 2 N–H and O–H groups in total. The Morgan fingerprint density at radius 1 is 1.18 bits per heavy atom. The van der Waals surface area contributed by atoms with Gasteiger partial charge in [-0.05, 0) is 51.5 Å². The van der Waals surface area contributed by atoms with Crippen molar-refractivity contribution in [2.45, 2.75) is 33.7 Å². The van der Waals surface area contributed by atoms with Gasteiger partial charge in [0.25, 0.3) is 5.91 Å². The van der Waals surface area contributed by atoms with Crippen LogP contribution in [-0.2, 0) is 13.0 Å². The minimum atomic E-state index is -0.278. The number of nitrogens with one attached hydrogen (secondary N) is 2. The fraction of sp³-hybridized carbons (Fsp3) is 0.300.